The zero-order valence-electron chi connectivity index (χ0n) is 8.28. The highest BCUT2D eigenvalue weighted by Crippen LogP contribution is 2.27. The zero-order valence-corrected chi connectivity index (χ0v) is 8.28. The average molecular weight is 155 g/mol. The third-order valence-corrected chi connectivity index (χ3v) is 2.47. The molecule has 0 aromatic heterocycles. The lowest BCUT2D eigenvalue weighted by Gasteiger charge is -2.17. The highest BCUT2D eigenvalue weighted by atomic mass is 15.0. The molecule has 1 heteroatoms. The highest BCUT2D eigenvalue weighted by molar-refractivity contribution is 4.89. The Hall–Kier alpha value is -0.0400. The molecule has 1 rings (SSSR count). The van der Waals surface area contributed by atoms with E-state index in [0.29, 0.717) is 5.54 Å². The maximum Gasteiger partial charge on any atom is 0.0128 e. The van der Waals surface area contributed by atoms with Gasteiger partial charge in [0.05, 0.1) is 0 Å². The van der Waals surface area contributed by atoms with Gasteiger partial charge in [-0.1, -0.05) is 13.8 Å². The Balaban J connectivity index is 2.31. The molecule has 1 aliphatic heterocycles. The van der Waals surface area contributed by atoms with E-state index >= 15 is 0 Å². The molecule has 0 aliphatic carbocycles. The Bertz CT molecular complexity index is 127. The molecular weight excluding hydrogens is 134 g/mol. The molecule has 0 saturated carbocycles. The summed E-state index contributed by atoms with van der Waals surface area (Å²) in [4.78, 5) is 0. The molecule has 1 aliphatic rings. The maximum atomic E-state index is 3.55. The van der Waals surface area contributed by atoms with Crippen molar-refractivity contribution in [1.82, 2.24) is 5.32 Å². The van der Waals surface area contributed by atoms with Crippen LogP contribution in [-0.4, -0.2) is 12.1 Å². The van der Waals surface area contributed by atoms with Crippen molar-refractivity contribution in [2.75, 3.05) is 6.54 Å². The predicted octanol–water partition coefficient (Wildman–Crippen LogP) is 2.42. The largest absolute Gasteiger partial charge is 0.312 e. The summed E-state index contributed by atoms with van der Waals surface area (Å²) >= 11 is 0. The van der Waals surface area contributed by atoms with E-state index in [1.54, 1.807) is 0 Å². The van der Waals surface area contributed by atoms with E-state index in [-0.39, 0.29) is 0 Å². The number of nitrogens with one attached hydrogen (secondary N) is 1. The van der Waals surface area contributed by atoms with Gasteiger partial charge in [0.25, 0.3) is 0 Å². The minimum absolute atomic E-state index is 0.402. The van der Waals surface area contributed by atoms with Gasteiger partial charge in [0.1, 0.15) is 0 Å². The molecule has 1 nitrogen and oxygen atoms in total. The van der Waals surface area contributed by atoms with Crippen LogP contribution in [0.1, 0.15) is 40.5 Å². The van der Waals surface area contributed by atoms with Gasteiger partial charge >= 0.3 is 0 Å². The summed E-state index contributed by atoms with van der Waals surface area (Å²) < 4.78 is 0. The van der Waals surface area contributed by atoms with Crippen LogP contribution in [0.2, 0.25) is 0 Å². The first-order valence-electron chi connectivity index (χ1n) is 4.74. The fourth-order valence-corrected chi connectivity index (χ4v) is 2.12. The van der Waals surface area contributed by atoms with E-state index in [4.69, 9.17) is 0 Å². The Labute approximate surface area is 70.6 Å². The summed E-state index contributed by atoms with van der Waals surface area (Å²) in [5, 5.41) is 3.55. The van der Waals surface area contributed by atoms with Gasteiger partial charge in [-0.2, -0.15) is 0 Å². The van der Waals surface area contributed by atoms with Crippen molar-refractivity contribution in [2.45, 2.75) is 46.1 Å². The second-order valence-corrected chi connectivity index (χ2v) is 4.96. The summed E-state index contributed by atoms with van der Waals surface area (Å²) in [5.74, 6) is 1.78. The molecule has 1 fully saturated rings. The van der Waals surface area contributed by atoms with Crippen molar-refractivity contribution in [1.29, 1.82) is 0 Å². The molecule has 0 radical (unpaired) electrons. The zero-order chi connectivity index (χ0) is 8.48. The Morgan fingerprint density at radius 1 is 1.45 bits per heavy atom. The lowest BCUT2D eigenvalue weighted by molar-refractivity contribution is 0.400. The van der Waals surface area contributed by atoms with Crippen molar-refractivity contribution in [3.8, 4) is 0 Å². The van der Waals surface area contributed by atoms with Crippen molar-refractivity contribution >= 4 is 0 Å². The van der Waals surface area contributed by atoms with E-state index in [1.165, 1.54) is 19.4 Å². The summed E-state index contributed by atoms with van der Waals surface area (Å²) in [6.45, 7) is 10.4. The van der Waals surface area contributed by atoms with Crippen LogP contribution in [0, 0.1) is 11.8 Å². The topological polar surface area (TPSA) is 12.0 Å². The standard InChI is InChI=1S/C10H21N/c1-8(2)5-9-6-10(3,4)11-7-9/h8-9,11H,5-7H2,1-4H3. The van der Waals surface area contributed by atoms with Gasteiger partial charge in [-0.15, -0.1) is 0 Å². The summed E-state index contributed by atoms with van der Waals surface area (Å²) in [7, 11) is 0. The first kappa shape index (κ1) is 9.05. The van der Waals surface area contributed by atoms with E-state index in [0.717, 1.165) is 11.8 Å². The van der Waals surface area contributed by atoms with Gasteiger partial charge in [-0.05, 0) is 45.1 Å². The molecule has 1 N–H and O–H groups in total. The van der Waals surface area contributed by atoms with Crippen LogP contribution >= 0.6 is 0 Å². The van der Waals surface area contributed by atoms with E-state index in [9.17, 15) is 0 Å². The second-order valence-electron chi connectivity index (χ2n) is 4.96. The quantitative estimate of drug-likeness (QED) is 0.645. The van der Waals surface area contributed by atoms with E-state index < -0.39 is 0 Å². The van der Waals surface area contributed by atoms with Crippen molar-refractivity contribution in [3.63, 3.8) is 0 Å². The van der Waals surface area contributed by atoms with Crippen LogP contribution in [-0.2, 0) is 0 Å². The normalized spacial score (nSPS) is 29.7. The number of rotatable bonds is 2. The minimum Gasteiger partial charge on any atom is -0.312 e. The van der Waals surface area contributed by atoms with Gasteiger partial charge in [-0.25, -0.2) is 0 Å². The first-order chi connectivity index (χ1) is 4.99. The monoisotopic (exact) mass is 155 g/mol. The number of hydrogen-bond donors (Lipinski definition) is 1. The lowest BCUT2D eigenvalue weighted by atomic mass is 9.91. The van der Waals surface area contributed by atoms with Crippen LogP contribution in [0.3, 0.4) is 0 Å². The van der Waals surface area contributed by atoms with Crippen LogP contribution < -0.4 is 5.32 Å². The smallest absolute Gasteiger partial charge is 0.0128 e. The average Bonchev–Trinajstić information content (AvgIpc) is 2.08. The summed E-state index contributed by atoms with van der Waals surface area (Å²) in [6, 6.07) is 0. The summed E-state index contributed by atoms with van der Waals surface area (Å²) in [5.41, 5.74) is 0.402. The van der Waals surface area contributed by atoms with E-state index in [2.05, 4.69) is 33.0 Å². The van der Waals surface area contributed by atoms with E-state index in [1.807, 2.05) is 0 Å². The minimum atomic E-state index is 0.402. The predicted molar refractivity (Wildman–Crippen MR) is 49.6 cm³/mol. The molecule has 0 spiro atoms. The van der Waals surface area contributed by atoms with Crippen LogP contribution in [0.25, 0.3) is 0 Å². The van der Waals surface area contributed by atoms with Gasteiger partial charge in [0.2, 0.25) is 0 Å². The SMILES string of the molecule is CC(C)CC1CNC(C)(C)C1. The number of hydrogen-bond acceptors (Lipinski definition) is 1. The molecule has 1 unspecified atom stereocenters. The Kier molecular flexibility index (Phi) is 2.58. The second kappa shape index (κ2) is 3.14. The van der Waals surface area contributed by atoms with Crippen molar-refractivity contribution in [2.24, 2.45) is 11.8 Å². The van der Waals surface area contributed by atoms with Crippen LogP contribution in [0.5, 0.6) is 0 Å². The molecule has 11 heavy (non-hydrogen) atoms. The molecule has 0 aromatic carbocycles. The van der Waals surface area contributed by atoms with Gasteiger partial charge < -0.3 is 5.32 Å². The Morgan fingerprint density at radius 3 is 2.45 bits per heavy atom. The molecule has 0 aromatic rings. The maximum absolute atomic E-state index is 3.55. The molecule has 66 valence electrons. The molecule has 0 amide bonds. The van der Waals surface area contributed by atoms with Gasteiger partial charge in [0, 0.05) is 5.54 Å². The third-order valence-electron chi connectivity index (χ3n) is 2.47. The van der Waals surface area contributed by atoms with Crippen molar-refractivity contribution in [3.05, 3.63) is 0 Å². The fraction of sp³-hybridized carbons (Fsp3) is 1.00. The molecule has 1 heterocycles. The van der Waals surface area contributed by atoms with Gasteiger partial charge in [-0.3, -0.25) is 0 Å². The first-order valence-corrected chi connectivity index (χ1v) is 4.74. The summed E-state index contributed by atoms with van der Waals surface area (Å²) in [6.07, 6.45) is 2.74. The highest BCUT2D eigenvalue weighted by Gasteiger charge is 2.29. The van der Waals surface area contributed by atoms with Crippen LogP contribution in [0.4, 0.5) is 0 Å². The molecule has 1 saturated heterocycles. The Morgan fingerprint density at radius 2 is 2.09 bits per heavy atom. The van der Waals surface area contributed by atoms with Gasteiger partial charge in [0.15, 0.2) is 0 Å². The third kappa shape index (κ3) is 2.82. The molecular formula is C10H21N. The molecule has 1 atom stereocenters. The molecule has 0 bridgehead atoms. The fourth-order valence-electron chi connectivity index (χ4n) is 2.12. The van der Waals surface area contributed by atoms with Crippen LogP contribution in [0.15, 0.2) is 0 Å². The lowest BCUT2D eigenvalue weighted by Crippen LogP contribution is -2.31. The van der Waals surface area contributed by atoms with Crippen molar-refractivity contribution < 1.29 is 0 Å².